The Morgan fingerprint density at radius 1 is 0.917 bits per heavy atom. The van der Waals surface area contributed by atoms with Crippen molar-refractivity contribution in [3.05, 3.63) is 106 Å². The number of aryl methyl sites for hydroxylation is 1. The second-order valence-corrected chi connectivity index (χ2v) is 8.39. The van der Waals surface area contributed by atoms with Crippen LogP contribution < -0.4 is 10.1 Å². The molecule has 8 heteroatoms. The average Bonchev–Trinajstić information content (AvgIpc) is 2.91. The number of ether oxygens (including phenoxy) is 2. The normalized spacial score (nSPS) is 10.7. The Hall–Kier alpha value is -3.97. The van der Waals surface area contributed by atoms with Gasteiger partial charge in [-0.2, -0.15) is 0 Å². The van der Waals surface area contributed by atoms with Gasteiger partial charge in [-0.25, -0.2) is 19.2 Å². The van der Waals surface area contributed by atoms with E-state index in [2.05, 4.69) is 15.3 Å². The minimum Gasteiger partial charge on any atom is -0.492 e. The lowest BCUT2D eigenvalue weighted by Crippen LogP contribution is -2.16. The fourth-order valence-electron chi connectivity index (χ4n) is 3.84. The minimum absolute atomic E-state index is 0.0156. The molecule has 0 aliphatic rings. The number of nitrogens with one attached hydrogen (secondary N) is 1. The number of carbonyl (C=O) groups excluding carboxylic acids is 1. The van der Waals surface area contributed by atoms with E-state index in [0.29, 0.717) is 30.8 Å². The number of hydrogen-bond acceptors (Lipinski definition) is 6. The smallest absolute Gasteiger partial charge is 0.357 e. The Labute approximate surface area is 214 Å². The number of benzene rings is 3. The summed E-state index contributed by atoms with van der Waals surface area (Å²) in [6.45, 7) is 0.447. The van der Waals surface area contributed by atoms with E-state index in [-0.39, 0.29) is 27.9 Å². The molecule has 0 spiro atoms. The SMILES string of the molecule is COC(=O)c1nc(-c2ccc(Cl)c(OC)c2F)nc(NCc2ccccc2)c1CCc1ccccc1. The van der Waals surface area contributed by atoms with Gasteiger partial charge in [0.25, 0.3) is 0 Å². The number of esters is 1. The zero-order valence-corrected chi connectivity index (χ0v) is 20.7. The zero-order chi connectivity index (χ0) is 25.5. The number of halogens is 2. The van der Waals surface area contributed by atoms with E-state index < -0.39 is 11.8 Å². The van der Waals surface area contributed by atoms with Gasteiger partial charge < -0.3 is 14.8 Å². The van der Waals surface area contributed by atoms with E-state index in [0.717, 1.165) is 11.1 Å². The molecule has 0 amide bonds. The summed E-state index contributed by atoms with van der Waals surface area (Å²) in [6.07, 6.45) is 1.12. The van der Waals surface area contributed by atoms with Gasteiger partial charge in [-0.05, 0) is 36.1 Å². The van der Waals surface area contributed by atoms with Gasteiger partial charge >= 0.3 is 5.97 Å². The van der Waals surface area contributed by atoms with E-state index in [9.17, 15) is 4.79 Å². The van der Waals surface area contributed by atoms with E-state index in [1.807, 2.05) is 60.7 Å². The van der Waals surface area contributed by atoms with E-state index in [1.54, 1.807) is 0 Å². The minimum atomic E-state index is -0.716. The third-order valence-corrected chi connectivity index (χ3v) is 5.99. The van der Waals surface area contributed by atoms with Crippen molar-refractivity contribution in [2.45, 2.75) is 19.4 Å². The van der Waals surface area contributed by atoms with Gasteiger partial charge in [0.15, 0.2) is 23.1 Å². The van der Waals surface area contributed by atoms with E-state index in [4.69, 9.17) is 21.1 Å². The average molecular weight is 506 g/mol. The molecule has 4 rings (SSSR count). The summed E-state index contributed by atoms with van der Waals surface area (Å²) in [5, 5.41) is 3.44. The number of methoxy groups -OCH3 is 2. The van der Waals surface area contributed by atoms with Crippen LogP contribution in [-0.2, 0) is 24.1 Å². The van der Waals surface area contributed by atoms with Crippen LogP contribution in [0.2, 0.25) is 5.02 Å². The molecule has 184 valence electrons. The third kappa shape index (κ3) is 5.63. The fourth-order valence-corrected chi connectivity index (χ4v) is 4.06. The summed E-state index contributed by atoms with van der Waals surface area (Å²) in [4.78, 5) is 21.9. The van der Waals surface area contributed by atoms with Crippen molar-refractivity contribution < 1.29 is 18.7 Å². The molecule has 0 radical (unpaired) electrons. The second kappa shape index (κ2) is 11.6. The summed E-state index contributed by atoms with van der Waals surface area (Å²) in [5.74, 6) is -1.03. The van der Waals surface area contributed by atoms with Crippen LogP contribution in [-0.4, -0.2) is 30.2 Å². The first kappa shape index (κ1) is 25.1. The summed E-state index contributed by atoms with van der Waals surface area (Å²) in [5.41, 5.74) is 2.83. The maximum Gasteiger partial charge on any atom is 0.357 e. The van der Waals surface area contributed by atoms with Crippen LogP contribution in [0.25, 0.3) is 11.4 Å². The fraction of sp³-hybridized carbons (Fsp3) is 0.179. The van der Waals surface area contributed by atoms with Crippen molar-refractivity contribution >= 4 is 23.4 Å². The molecule has 1 N–H and O–H groups in total. The molecule has 0 unspecified atom stereocenters. The lowest BCUT2D eigenvalue weighted by Gasteiger charge is -2.17. The molecule has 1 heterocycles. The molecule has 0 saturated carbocycles. The maximum absolute atomic E-state index is 15.3. The zero-order valence-electron chi connectivity index (χ0n) is 19.9. The van der Waals surface area contributed by atoms with Crippen molar-refractivity contribution in [3.8, 4) is 17.1 Å². The van der Waals surface area contributed by atoms with Crippen LogP contribution in [0.3, 0.4) is 0 Å². The van der Waals surface area contributed by atoms with Gasteiger partial charge in [-0.15, -0.1) is 0 Å². The molecular formula is C28H25ClFN3O3. The molecule has 36 heavy (non-hydrogen) atoms. The monoisotopic (exact) mass is 505 g/mol. The Balaban J connectivity index is 1.82. The van der Waals surface area contributed by atoms with Crippen LogP contribution >= 0.6 is 11.6 Å². The molecule has 4 aromatic rings. The number of nitrogens with zero attached hydrogens (tertiary/aromatic N) is 2. The van der Waals surface area contributed by atoms with Gasteiger partial charge in [-0.3, -0.25) is 0 Å². The topological polar surface area (TPSA) is 73.3 Å². The van der Waals surface area contributed by atoms with Gasteiger partial charge in [0.1, 0.15) is 5.82 Å². The number of rotatable bonds is 9. The van der Waals surface area contributed by atoms with Crippen LogP contribution in [0.4, 0.5) is 10.2 Å². The number of carbonyl (C=O) groups is 1. The highest BCUT2D eigenvalue weighted by Gasteiger charge is 2.24. The third-order valence-electron chi connectivity index (χ3n) is 5.69. The number of anilines is 1. The van der Waals surface area contributed by atoms with Gasteiger partial charge in [0.2, 0.25) is 0 Å². The number of hydrogen-bond donors (Lipinski definition) is 1. The lowest BCUT2D eigenvalue weighted by molar-refractivity contribution is 0.0592. The van der Waals surface area contributed by atoms with Gasteiger partial charge in [0.05, 0.1) is 24.8 Å². The molecule has 0 aliphatic carbocycles. The summed E-state index contributed by atoms with van der Waals surface area (Å²) in [7, 11) is 2.61. The number of aromatic nitrogens is 2. The molecule has 0 aliphatic heterocycles. The predicted molar refractivity (Wildman–Crippen MR) is 138 cm³/mol. The van der Waals surface area contributed by atoms with Crippen LogP contribution in [0.1, 0.15) is 27.2 Å². The standard InChI is InChI=1S/C28H25ClFN3O3/c1-35-25-22(29)16-15-20(23(25)30)27-32-24(28(34)36-2)21(14-13-18-9-5-3-6-10-18)26(33-27)31-17-19-11-7-4-8-12-19/h3-12,15-16H,13-14,17H2,1-2H3,(H,31,32,33). The molecule has 6 nitrogen and oxygen atoms in total. The second-order valence-electron chi connectivity index (χ2n) is 7.98. The van der Waals surface area contributed by atoms with Crippen LogP contribution in [0, 0.1) is 5.82 Å². The first-order valence-corrected chi connectivity index (χ1v) is 11.7. The maximum atomic E-state index is 15.3. The summed E-state index contributed by atoms with van der Waals surface area (Å²) < 4.78 is 25.4. The Morgan fingerprint density at radius 2 is 1.58 bits per heavy atom. The highest BCUT2D eigenvalue weighted by Crippen LogP contribution is 2.35. The largest absolute Gasteiger partial charge is 0.492 e. The van der Waals surface area contributed by atoms with Crippen molar-refractivity contribution in [2.75, 3.05) is 19.5 Å². The van der Waals surface area contributed by atoms with E-state index in [1.165, 1.54) is 26.4 Å². The first-order valence-electron chi connectivity index (χ1n) is 11.3. The molecule has 0 fully saturated rings. The summed E-state index contributed by atoms with van der Waals surface area (Å²) >= 11 is 6.07. The molecule has 0 bridgehead atoms. The quantitative estimate of drug-likeness (QED) is 0.276. The van der Waals surface area contributed by atoms with Crippen LogP contribution in [0.15, 0.2) is 72.8 Å². The van der Waals surface area contributed by atoms with Crippen molar-refractivity contribution in [1.29, 1.82) is 0 Å². The highest BCUT2D eigenvalue weighted by atomic mass is 35.5. The van der Waals surface area contributed by atoms with Crippen LogP contribution in [0.5, 0.6) is 5.75 Å². The molecule has 3 aromatic carbocycles. The molecular weight excluding hydrogens is 481 g/mol. The molecule has 1 aromatic heterocycles. The Bertz CT molecular complexity index is 1350. The van der Waals surface area contributed by atoms with Gasteiger partial charge in [-0.1, -0.05) is 72.3 Å². The Morgan fingerprint density at radius 3 is 2.22 bits per heavy atom. The van der Waals surface area contributed by atoms with Gasteiger partial charge in [0, 0.05) is 12.1 Å². The van der Waals surface area contributed by atoms with Crippen molar-refractivity contribution in [1.82, 2.24) is 9.97 Å². The first-order chi connectivity index (χ1) is 17.5. The lowest BCUT2D eigenvalue weighted by atomic mass is 10.0. The summed E-state index contributed by atoms with van der Waals surface area (Å²) in [6, 6.07) is 22.6. The highest BCUT2D eigenvalue weighted by molar-refractivity contribution is 6.32. The van der Waals surface area contributed by atoms with E-state index >= 15 is 4.39 Å². The molecule has 0 atom stereocenters. The molecule has 0 saturated heterocycles. The predicted octanol–water partition coefficient (Wildman–Crippen LogP) is 6.13. The van der Waals surface area contributed by atoms with Crippen molar-refractivity contribution in [2.24, 2.45) is 0 Å². The van der Waals surface area contributed by atoms with Crippen molar-refractivity contribution in [3.63, 3.8) is 0 Å². The Kier molecular flexibility index (Phi) is 8.13.